The number of fused-ring (bicyclic) bond motifs is 1. The van der Waals surface area contributed by atoms with Gasteiger partial charge < -0.3 is 15.1 Å². The number of nitrogens with two attached hydrogens (primary N) is 1. The van der Waals surface area contributed by atoms with E-state index in [2.05, 4.69) is 17.8 Å². The zero-order chi connectivity index (χ0) is 31.2. The van der Waals surface area contributed by atoms with Crippen LogP contribution in [0, 0.1) is 12.3 Å². The summed E-state index contributed by atoms with van der Waals surface area (Å²) in [7, 11) is 1.64. The van der Waals surface area contributed by atoms with Crippen molar-refractivity contribution in [1.29, 1.82) is 0 Å². The number of carbonyl (C=O) groups is 3. The second-order valence-corrected chi connectivity index (χ2v) is 10.9. The number of hydrogen-bond acceptors (Lipinski definition) is 6. The summed E-state index contributed by atoms with van der Waals surface area (Å²) in [6.45, 7) is 4.84. The standard InChI is InChI=1S/C34H37N7O3/c1-4-19-39(35)32-27(5-2)17-12-18-28(32)22-38-23-30-40(37(3)34(44)36-21-26-15-10-7-11-16-26)24-31(42)41(30)29(33(38)43)20-25-13-8-6-9-14-25/h1,5-18,29-30H,2,19-24,35H2,3H3,(H,36,44)/t29-,30+/m0/s1. The molecule has 2 aliphatic heterocycles. The van der Waals surface area contributed by atoms with E-state index >= 15 is 0 Å². The van der Waals surface area contributed by atoms with Crippen molar-refractivity contribution < 1.29 is 14.4 Å². The Morgan fingerprint density at radius 1 is 1.07 bits per heavy atom. The number of carbonyl (C=O) groups excluding carboxylic acids is 3. The van der Waals surface area contributed by atoms with Gasteiger partial charge in [-0.2, -0.15) is 5.01 Å². The van der Waals surface area contributed by atoms with Crippen LogP contribution in [0.3, 0.4) is 0 Å². The normalized spacial score (nSPS) is 18.0. The van der Waals surface area contributed by atoms with Gasteiger partial charge >= 0.3 is 6.03 Å². The van der Waals surface area contributed by atoms with Crippen molar-refractivity contribution in [3.8, 4) is 12.3 Å². The first-order valence-electron chi connectivity index (χ1n) is 14.5. The molecule has 0 spiro atoms. The van der Waals surface area contributed by atoms with Crippen LogP contribution in [0.1, 0.15) is 22.3 Å². The maximum absolute atomic E-state index is 14.2. The van der Waals surface area contributed by atoms with Gasteiger partial charge in [-0.1, -0.05) is 97.4 Å². The average molecular weight is 592 g/mol. The summed E-state index contributed by atoms with van der Waals surface area (Å²) in [6.07, 6.45) is 7.05. The van der Waals surface area contributed by atoms with E-state index in [1.165, 1.54) is 10.0 Å². The van der Waals surface area contributed by atoms with E-state index in [0.717, 1.165) is 22.3 Å². The lowest BCUT2D eigenvalue weighted by atomic mass is 9.99. The quantitative estimate of drug-likeness (QED) is 0.214. The van der Waals surface area contributed by atoms with Crippen molar-refractivity contribution in [2.45, 2.75) is 31.7 Å². The molecular weight excluding hydrogens is 554 g/mol. The number of amides is 4. The van der Waals surface area contributed by atoms with E-state index < -0.39 is 12.2 Å². The van der Waals surface area contributed by atoms with E-state index in [1.54, 1.807) is 27.9 Å². The molecule has 2 aliphatic rings. The number of terminal acetylenes is 1. The monoisotopic (exact) mass is 591 g/mol. The highest BCUT2D eigenvalue weighted by atomic mass is 16.2. The van der Waals surface area contributed by atoms with Gasteiger partial charge in [-0.3, -0.25) is 19.6 Å². The molecule has 10 heteroatoms. The molecule has 0 aliphatic carbocycles. The fourth-order valence-electron chi connectivity index (χ4n) is 5.93. The number of nitrogens with zero attached hydrogens (tertiary/aromatic N) is 5. The number of anilines is 1. The van der Waals surface area contributed by atoms with Crippen molar-refractivity contribution in [1.82, 2.24) is 25.1 Å². The van der Waals surface area contributed by atoms with Gasteiger partial charge in [-0.15, -0.1) is 6.42 Å². The van der Waals surface area contributed by atoms with E-state index in [9.17, 15) is 14.4 Å². The van der Waals surface area contributed by atoms with Gasteiger partial charge in [0.25, 0.3) is 0 Å². The Morgan fingerprint density at radius 3 is 2.41 bits per heavy atom. The number of urea groups is 1. The first-order valence-corrected chi connectivity index (χ1v) is 14.5. The van der Waals surface area contributed by atoms with Gasteiger partial charge in [0.1, 0.15) is 12.2 Å². The van der Waals surface area contributed by atoms with Crippen LogP contribution in [-0.2, 0) is 29.1 Å². The van der Waals surface area contributed by atoms with Crippen LogP contribution in [0.5, 0.6) is 0 Å². The Hall–Kier alpha value is -5.11. The summed E-state index contributed by atoms with van der Waals surface area (Å²) in [5, 5.41) is 7.58. The third-order valence-electron chi connectivity index (χ3n) is 8.09. The van der Waals surface area contributed by atoms with Crippen LogP contribution in [0.25, 0.3) is 6.08 Å². The molecule has 44 heavy (non-hydrogen) atoms. The summed E-state index contributed by atoms with van der Waals surface area (Å²) in [5.41, 5.74) is 4.17. The van der Waals surface area contributed by atoms with Gasteiger partial charge in [0.2, 0.25) is 11.8 Å². The van der Waals surface area contributed by atoms with Crippen LogP contribution in [0.15, 0.2) is 85.4 Å². The summed E-state index contributed by atoms with van der Waals surface area (Å²) in [5.74, 6) is 8.54. The van der Waals surface area contributed by atoms with Gasteiger partial charge in [-0.25, -0.2) is 10.6 Å². The molecule has 0 saturated carbocycles. The van der Waals surface area contributed by atoms with Gasteiger partial charge in [-0.05, 0) is 22.3 Å². The van der Waals surface area contributed by atoms with Gasteiger partial charge in [0.05, 0.1) is 25.3 Å². The lowest BCUT2D eigenvalue weighted by molar-refractivity contribution is -0.157. The van der Waals surface area contributed by atoms with Crippen LogP contribution in [0.2, 0.25) is 0 Å². The zero-order valence-electron chi connectivity index (χ0n) is 24.8. The lowest BCUT2D eigenvalue weighted by Gasteiger charge is -2.46. The number of para-hydroxylation sites is 1. The molecule has 0 bridgehead atoms. The number of rotatable bonds is 10. The van der Waals surface area contributed by atoms with Crippen LogP contribution < -0.4 is 16.2 Å². The molecule has 3 aromatic carbocycles. The molecule has 10 nitrogen and oxygen atoms in total. The maximum atomic E-state index is 14.2. The smallest absolute Gasteiger partial charge is 0.332 e. The molecule has 0 aromatic heterocycles. The van der Waals surface area contributed by atoms with Crippen molar-refractivity contribution in [3.63, 3.8) is 0 Å². The molecule has 3 N–H and O–H groups in total. The van der Waals surface area contributed by atoms with Gasteiger partial charge in [0.15, 0.2) is 0 Å². The number of benzene rings is 3. The zero-order valence-corrected chi connectivity index (χ0v) is 24.8. The molecule has 0 unspecified atom stereocenters. The van der Waals surface area contributed by atoms with Crippen LogP contribution in [-0.4, -0.2) is 76.6 Å². The highest BCUT2D eigenvalue weighted by molar-refractivity contribution is 5.92. The SMILES string of the molecule is C#CCN(N)c1c(C=C)cccc1CN1C[C@H]2N(C(=O)CN2N(C)C(=O)NCc2ccccc2)[C@@H](Cc2ccccc2)C1=O. The first-order chi connectivity index (χ1) is 21.3. The second-order valence-electron chi connectivity index (χ2n) is 10.9. The highest BCUT2D eigenvalue weighted by Crippen LogP contribution is 2.32. The van der Waals surface area contributed by atoms with E-state index in [4.69, 9.17) is 12.3 Å². The molecule has 4 amide bonds. The molecule has 226 valence electrons. The lowest BCUT2D eigenvalue weighted by Crippen LogP contribution is -2.65. The van der Waals surface area contributed by atoms with E-state index in [-0.39, 0.29) is 44.0 Å². The van der Waals surface area contributed by atoms with Crippen LogP contribution >= 0.6 is 0 Å². The Labute approximate surface area is 258 Å². The molecule has 3 aromatic rings. The Bertz CT molecular complexity index is 1560. The second kappa shape index (κ2) is 13.5. The average Bonchev–Trinajstić information content (AvgIpc) is 3.37. The van der Waals surface area contributed by atoms with Crippen molar-refractivity contribution in [2.75, 3.05) is 31.7 Å². The van der Waals surface area contributed by atoms with Crippen molar-refractivity contribution in [2.24, 2.45) is 5.84 Å². The summed E-state index contributed by atoms with van der Waals surface area (Å²) < 4.78 is 0. The minimum atomic E-state index is -0.750. The highest BCUT2D eigenvalue weighted by Gasteiger charge is 2.51. The predicted molar refractivity (Wildman–Crippen MR) is 170 cm³/mol. The topological polar surface area (TPSA) is 105 Å². The third-order valence-corrected chi connectivity index (χ3v) is 8.09. The largest absolute Gasteiger partial charge is 0.333 e. The summed E-state index contributed by atoms with van der Waals surface area (Å²) in [6, 6.07) is 23.8. The molecule has 2 saturated heterocycles. The fraction of sp³-hybridized carbons (Fsp3) is 0.265. The van der Waals surface area contributed by atoms with E-state index in [0.29, 0.717) is 18.7 Å². The number of nitrogens with one attached hydrogen (secondary N) is 1. The van der Waals surface area contributed by atoms with Gasteiger partial charge in [0, 0.05) is 26.6 Å². The molecule has 2 heterocycles. The molecular formula is C34H37N7O3. The van der Waals surface area contributed by atoms with E-state index in [1.807, 2.05) is 78.9 Å². The molecule has 0 radical (unpaired) electrons. The number of hydrazine groups is 2. The third kappa shape index (κ3) is 6.29. The number of piperazine rings is 1. The summed E-state index contributed by atoms with van der Waals surface area (Å²) >= 11 is 0. The summed E-state index contributed by atoms with van der Waals surface area (Å²) in [4.78, 5) is 44.4. The Kier molecular flexibility index (Phi) is 9.29. The van der Waals surface area contributed by atoms with Crippen molar-refractivity contribution >= 4 is 29.6 Å². The molecule has 2 atom stereocenters. The number of hydrogen-bond donors (Lipinski definition) is 2. The predicted octanol–water partition coefficient (Wildman–Crippen LogP) is 2.82. The minimum absolute atomic E-state index is 0.0255. The fourth-order valence-corrected chi connectivity index (χ4v) is 5.93. The Balaban J connectivity index is 1.45. The Morgan fingerprint density at radius 2 is 1.75 bits per heavy atom. The minimum Gasteiger partial charge on any atom is -0.333 e. The first kappa shape index (κ1) is 30.4. The van der Waals surface area contributed by atoms with Crippen molar-refractivity contribution in [3.05, 3.63) is 108 Å². The molecule has 2 fully saturated rings. The van der Waals surface area contributed by atoms with Crippen LogP contribution in [0.4, 0.5) is 10.5 Å². The molecule has 5 rings (SSSR count). The maximum Gasteiger partial charge on any atom is 0.332 e.